The second-order valence-corrected chi connectivity index (χ2v) is 4.81. The fourth-order valence-corrected chi connectivity index (χ4v) is 2.04. The van der Waals surface area contributed by atoms with Gasteiger partial charge >= 0.3 is 7.12 Å². The van der Waals surface area contributed by atoms with Crippen LogP contribution in [0.25, 0.3) is 0 Å². The highest BCUT2D eigenvalue weighted by atomic mass is 19.1. The van der Waals surface area contributed by atoms with Crippen molar-refractivity contribution in [2.45, 2.75) is 6.92 Å². The Kier molecular flexibility index (Phi) is 4.72. The maximum Gasteiger partial charge on any atom is 0.488 e. The molecule has 7 nitrogen and oxygen atoms in total. The van der Waals surface area contributed by atoms with Crippen molar-refractivity contribution in [3.8, 4) is 0 Å². The van der Waals surface area contributed by atoms with Crippen LogP contribution in [-0.4, -0.2) is 28.0 Å². The highest BCUT2D eigenvalue weighted by Crippen LogP contribution is 2.25. The fraction of sp³-hybridized carbons (Fsp3) is 0.0714. The highest BCUT2D eigenvalue weighted by Gasteiger charge is 2.18. The van der Waals surface area contributed by atoms with E-state index in [-0.39, 0.29) is 28.0 Å². The smallest absolute Gasteiger partial charge is 0.423 e. The number of benzene rings is 2. The second kappa shape index (κ2) is 6.55. The first kappa shape index (κ1) is 16.6. The van der Waals surface area contributed by atoms with Crippen molar-refractivity contribution in [2.24, 2.45) is 0 Å². The number of nitrogens with zero attached hydrogens (tertiary/aromatic N) is 1. The summed E-state index contributed by atoms with van der Waals surface area (Å²) >= 11 is 0. The van der Waals surface area contributed by atoms with Crippen molar-refractivity contribution in [3.63, 3.8) is 0 Å². The summed E-state index contributed by atoms with van der Waals surface area (Å²) in [6.45, 7) is 1.47. The van der Waals surface area contributed by atoms with Crippen molar-refractivity contribution >= 4 is 29.9 Å². The minimum absolute atomic E-state index is 0.140. The van der Waals surface area contributed by atoms with Crippen LogP contribution < -0.4 is 10.8 Å². The summed E-state index contributed by atoms with van der Waals surface area (Å²) in [5.41, 5.74) is -0.0114. The van der Waals surface area contributed by atoms with E-state index in [0.29, 0.717) is 0 Å². The Bertz CT molecular complexity index is 782. The van der Waals surface area contributed by atoms with Crippen LogP contribution in [0.4, 0.5) is 15.8 Å². The van der Waals surface area contributed by atoms with Crippen molar-refractivity contribution in [1.29, 1.82) is 0 Å². The van der Waals surface area contributed by atoms with E-state index in [1.54, 1.807) is 0 Å². The van der Waals surface area contributed by atoms with Gasteiger partial charge in [-0.1, -0.05) is 6.07 Å². The summed E-state index contributed by atoms with van der Waals surface area (Å²) in [7, 11) is -1.92. The van der Waals surface area contributed by atoms with E-state index >= 15 is 0 Å². The molecule has 0 aliphatic carbocycles. The Labute approximate surface area is 130 Å². The summed E-state index contributed by atoms with van der Waals surface area (Å²) in [5.74, 6) is -1.54. The van der Waals surface area contributed by atoms with Crippen molar-refractivity contribution in [2.75, 3.05) is 5.32 Å². The van der Waals surface area contributed by atoms with E-state index in [1.807, 2.05) is 0 Å². The van der Waals surface area contributed by atoms with Crippen molar-refractivity contribution < 1.29 is 24.2 Å². The second-order valence-electron chi connectivity index (χ2n) is 4.81. The van der Waals surface area contributed by atoms with Gasteiger partial charge in [-0.3, -0.25) is 14.9 Å². The molecule has 0 heterocycles. The van der Waals surface area contributed by atoms with E-state index in [9.17, 15) is 19.3 Å². The quantitative estimate of drug-likeness (QED) is 0.442. The van der Waals surface area contributed by atoms with Crippen LogP contribution in [0.15, 0.2) is 36.4 Å². The van der Waals surface area contributed by atoms with E-state index < -0.39 is 23.8 Å². The minimum Gasteiger partial charge on any atom is -0.423 e. The molecule has 0 spiro atoms. The number of amides is 1. The number of halogens is 1. The Hall–Kier alpha value is -2.78. The number of anilines is 1. The minimum atomic E-state index is -1.92. The molecule has 0 atom stereocenters. The monoisotopic (exact) mass is 318 g/mol. The zero-order chi connectivity index (χ0) is 17.1. The molecule has 0 saturated carbocycles. The average molecular weight is 318 g/mol. The molecule has 0 aliphatic rings. The Morgan fingerprint density at radius 3 is 2.61 bits per heavy atom. The average Bonchev–Trinajstić information content (AvgIpc) is 2.48. The fourth-order valence-electron chi connectivity index (χ4n) is 2.04. The van der Waals surface area contributed by atoms with Crippen molar-refractivity contribution in [1.82, 2.24) is 0 Å². The van der Waals surface area contributed by atoms with Gasteiger partial charge in [-0.05, 0) is 36.7 Å². The molecule has 0 aromatic heterocycles. The largest absolute Gasteiger partial charge is 0.488 e. The van der Waals surface area contributed by atoms with E-state index in [1.165, 1.54) is 25.1 Å². The lowest BCUT2D eigenvalue weighted by molar-refractivity contribution is -0.385. The van der Waals surface area contributed by atoms with Crippen LogP contribution >= 0.6 is 0 Å². The predicted octanol–water partition coefficient (Wildman–Crippen LogP) is 0.974. The van der Waals surface area contributed by atoms with Crippen LogP contribution in [0.1, 0.15) is 15.9 Å². The molecule has 0 bridgehead atoms. The van der Waals surface area contributed by atoms with Gasteiger partial charge in [-0.25, -0.2) is 4.39 Å². The third-order valence-corrected chi connectivity index (χ3v) is 3.23. The normalized spacial score (nSPS) is 10.3. The van der Waals surface area contributed by atoms with Gasteiger partial charge in [0.2, 0.25) is 0 Å². The van der Waals surface area contributed by atoms with E-state index in [4.69, 9.17) is 10.0 Å². The molecule has 2 aromatic carbocycles. The van der Waals surface area contributed by atoms with Gasteiger partial charge < -0.3 is 15.4 Å². The Balaban J connectivity index is 2.33. The lowest BCUT2D eigenvalue weighted by Gasteiger charge is -2.10. The number of carbonyl (C=O) groups is 1. The number of hydrogen-bond acceptors (Lipinski definition) is 5. The summed E-state index contributed by atoms with van der Waals surface area (Å²) in [6.07, 6.45) is 0. The molecule has 9 heteroatoms. The lowest BCUT2D eigenvalue weighted by Crippen LogP contribution is -2.31. The molecule has 0 radical (unpaired) electrons. The topological polar surface area (TPSA) is 113 Å². The van der Waals surface area contributed by atoms with Crippen LogP contribution in [0.5, 0.6) is 0 Å². The zero-order valence-corrected chi connectivity index (χ0v) is 12.0. The number of nitro groups is 1. The summed E-state index contributed by atoms with van der Waals surface area (Å²) < 4.78 is 13.4. The van der Waals surface area contributed by atoms with E-state index in [2.05, 4.69) is 5.32 Å². The van der Waals surface area contributed by atoms with Crippen LogP contribution in [-0.2, 0) is 0 Å². The van der Waals surface area contributed by atoms with Gasteiger partial charge in [0, 0.05) is 11.6 Å². The van der Waals surface area contributed by atoms with Gasteiger partial charge in [0.05, 0.1) is 16.2 Å². The molecular weight excluding hydrogens is 306 g/mol. The lowest BCUT2D eigenvalue weighted by atomic mass is 9.79. The third kappa shape index (κ3) is 3.71. The van der Waals surface area contributed by atoms with Crippen LogP contribution in [0.3, 0.4) is 0 Å². The summed E-state index contributed by atoms with van der Waals surface area (Å²) in [5, 5.41) is 31.5. The summed E-state index contributed by atoms with van der Waals surface area (Å²) in [6, 6.07) is 7.12. The molecule has 0 aliphatic heterocycles. The number of rotatable bonds is 4. The number of nitro benzene ring substituents is 1. The molecule has 0 fully saturated rings. The molecule has 2 rings (SSSR count). The predicted molar refractivity (Wildman–Crippen MR) is 82.0 cm³/mol. The maximum absolute atomic E-state index is 13.4. The van der Waals surface area contributed by atoms with Crippen LogP contribution in [0.2, 0.25) is 0 Å². The van der Waals surface area contributed by atoms with Crippen LogP contribution in [0, 0.1) is 22.9 Å². The Morgan fingerprint density at radius 2 is 2.00 bits per heavy atom. The van der Waals surface area contributed by atoms with Gasteiger partial charge in [-0.15, -0.1) is 0 Å². The molecule has 23 heavy (non-hydrogen) atoms. The first-order chi connectivity index (χ1) is 10.8. The maximum atomic E-state index is 13.4. The number of carbonyl (C=O) groups excluding carboxylic acids is 1. The molecule has 118 valence electrons. The molecule has 0 saturated heterocycles. The van der Waals surface area contributed by atoms with Crippen molar-refractivity contribution in [3.05, 3.63) is 63.5 Å². The van der Waals surface area contributed by atoms with Gasteiger partial charge in [-0.2, -0.15) is 0 Å². The first-order valence-electron chi connectivity index (χ1n) is 6.51. The first-order valence-corrected chi connectivity index (χ1v) is 6.51. The molecular formula is C14H12BFN2O5. The van der Waals surface area contributed by atoms with Gasteiger partial charge in [0.15, 0.2) is 0 Å². The Morgan fingerprint density at radius 1 is 1.30 bits per heavy atom. The highest BCUT2D eigenvalue weighted by molar-refractivity contribution is 6.58. The SMILES string of the molecule is Cc1c(NC(=O)c2cc(F)cc(B(O)O)c2)cccc1[N+](=O)[O-]. The molecule has 0 unspecified atom stereocenters. The summed E-state index contributed by atoms with van der Waals surface area (Å²) in [4.78, 5) is 22.5. The number of hydrogen-bond donors (Lipinski definition) is 3. The zero-order valence-electron chi connectivity index (χ0n) is 12.0. The molecule has 3 N–H and O–H groups in total. The van der Waals surface area contributed by atoms with E-state index in [0.717, 1.165) is 18.2 Å². The molecule has 2 aromatic rings. The number of nitrogens with one attached hydrogen (secondary N) is 1. The third-order valence-electron chi connectivity index (χ3n) is 3.23. The standard InChI is InChI=1S/C14H12BFN2O5/c1-8-12(3-2-4-13(8)18(22)23)17-14(19)9-5-10(15(20)21)7-11(16)6-9/h2-7,20-21H,1H3,(H,17,19). The van der Waals surface area contributed by atoms with Gasteiger partial charge in [0.25, 0.3) is 11.6 Å². The van der Waals surface area contributed by atoms with Gasteiger partial charge in [0.1, 0.15) is 5.82 Å². The molecule has 1 amide bonds.